The summed E-state index contributed by atoms with van der Waals surface area (Å²) in [6.45, 7) is 5.15. The third-order valence-corrected chi connectivity index (χ3v) is 6.93. The number of rotatable bonds is 4. The largest absolute Gasteiger partial charge is 0.490 e. The van der Waals surface area contributed by atoms with Crippen LogP contribution in [-0.2, 0) is 15.1 Å². The quantitative estimate of drug-likeness (QED) is 0.703. The van der Waals surface area contributed by atoms with Gasteiger partial charge >= 0.3 is 6.03 Å². The van der Waals surface area contributed by atoms with E-state index in [0.717, 1.165) is 35.3 Å². The van der Waals surface area contributed by atoms with Gasteiger partial charge in [0.1, 0.15) is 12.1 Å². The van der Waals surface area contributed by atoms with Crippen molar-refractivity contribution in [1.29, 1.82) is 0 Å². The molecule has 2 fully saturated rings. The van der Waals surface area contributed by atoms with Gasteiger partial charge in [-0.05, 0) is 49.9 Å². The normalized spacial score (nSPS) is 24.2. The molecule has 2 aromatic rings. The first kappa shape index (κ1) is 22.3. The lowest BCUT2D eigenvalue weighted by molar-refractivity contribution is -0.139. The number of amides is 4. The standard InChI is InChI=1S/C26H29N3O5/c1-17-6-9-19(10-7-17)26(2)24(31)29(25(32)27-26)16-23(30)28-12-3-5-20(28)18-8-11-21-22(15-18)34-14-4-13-33-21/h6-11,15,20H,3-5,12-14,16H2,1-2H3,(H,27,32)/t20-,26+/m0/s1. The molecule has 1 N–H and O–H groups in total. The molecule has 2 aromatic carbocycles. The fourth-order valence-electron chi connectivity index (χ4n) is 4.95. The monoisotopic (exact) mass is 463 g/mol. The molecule has 0 aliphatic carbocycles. The molecule has 0 saturated carbocycles. The number of carbonyl (C=O) groups excluding carboxylic acids is 3. The molecule has 0 bridgehead atoms. The van der Waals surface area contributed by atoms with Crippen LogP contribution in [0, 0.1) is 6.92 Å². The minimum Gasteiger partial charge on any atom is -0.490 e. The highest BCUT2D eigenvalue weighted by molar-refractivity contribution is 6.09. The minimum absolute atomic E-state index is 0.131. The number of ether oxygens (including phenoxy) is 2. The van der Waals surface area contributed by atoms with E-state index in [2.05, 4.69) is 5.32 Å². The predicted molar refractivity (Wildman–Crippen MR) is 125 cm³/mol. The topological polar surface area (TPSA) is 88.2 Å². The van der Waals surface area contributed by atoms with Crippen LogP contribution >= 0.6 is 0 Å². The van der Waals surface area contributed by atoms with Crippen molar-refractivity contribution in [2.24, 2.45) is 0 Å². The van der Waals surface area contributed by atoms with Gasteiger partial charge in [-0.1, -0.05) is 35.9 Å². The molecular weight excluding hydrogens is 434 g/mol. The Balaban J connectivity index is 1.33. The number of hydrogen-bond acceptors (Lipinski definition) is 5. The van der Waals surface area contributed by atoms with E-state index < -0.39 is 17.5 Å². The summed E-state index contributed by atoms with van der Waals surface area (Å²) in [7, 11) is 0. The molecule has 0 unspecified atom stereocenters. The highest BCUT2D eigenvalue weighted by Gasteiger charge is 2.50. The fourth-order valence-corrected chi connectivity index (χ4v) is 4.95. The molecule has 0 spiro atoms. The highest BCUT2D eigenvalue weighted by Crippen LogP contribution is 2.38. The lowest BCUT2D eigenvalue weighted by Crippen LogP contribution is -2.44. The molecule has 5 rings (SSSR count). The number of imide groups is 1. The van der Waals surface area contributed by atoms with Gasteiger partial charge in [0.25, 0.3) is 5.91 Å². The molecule has 34 heavy (non-hydrogen) atoms. The Morgan fingerprint density at radius 3 is 2.56 bits per heavy atom. The Morgan fingerprint density at radius 2 is 1.79 bits per heavy atom. The lowest BCUT2D eigenvalue weighted by Gasteiger charge is -2.27. The van der Waals surface area contributed by atoms with Crippen LogP contribution in [0.25, 0.3) is 0 Å². The number of benzene rings is 2. The Hall–Kier alpha value is -3.55. The van der Waals surface area contributed by atoms with Crippen LogP contribution in [0.15, 0.2) is 42.5 Å². The van der Waals surface area contributed by atoms with Gasteiger partial charge in [0.15, 0.2) is 11.5 Å². The van der Waals surface area contributed by atoms with E-state index in [-0.39, 0.29) is 18.5 Å². The van der Waals surface area contributed by atoms with Gasteiger partial charge in [0.2, 0.25) is 5.91 Å². The first-order valence-electron chi connectivity index (χ1n) is 11.8. The molecule has 0 aromatic heterocycles. The molecule has 3 aliphatic rings. The Kier molecular flexibility index (Phi) is 5.67. The summed E-state index contributed by atoms with van der Waals surface area (Å²) < 4.78 is 11.5. The van der Waals surface area contributed by atoms with E-state index in [1.54, 1.807) is 11.8 Å². The Bertz CT molecular complexity index is 1130. The van der Waals surface area contributed by atoms with Gasteiger partial charge in [0, 0.05) is 13.0 Å². The van der Waals surface area contributed by atoms with Gasteiger partial charge in [-0.25, -0.2) is 4.79 Å². The van der Waals surface area contributed by atoms with Crippen molar-refractivity contribution >= 4 is 17.8 Å². The highest BCUT2D eigenvalue weighted by atomic mass is 16.5. The second kappa shape index (κ2) is 8.66. The number of nitrogens with zero attached hydrogens (tertiary/aromatic N) is 2. The summed E-state index contributed by atoms with van der Waals surface area (Å²) >= 11 is 0. The zero-order valence-electron chi connectivity index (χ0n) is 19.5. The van der Waals surface area contributed by atoms with Gasteiger partial charge in [-0.2, -0.15) is 0 Å². The minimum atomic E-state index is -1.19. The molecule has 8 nitrogen and oxygen atoms in total. The number of nitrogens with one attached hydrogen (secondary N) is 1. The Morgan fingerprint density at radius 1 is 1.06 bits per heavy atom. The van der Waals surface area contributed by atoms with Crippen molar-refractivity contribution in [2.75, 3.05) is 26.3 Å². The first-order valence-corrected chi connectivity index (χ1v) is 11.8. The molecule has 3 heterocycles. The number of urea groups is 1. The maximum Gasteiger partial charge on any atom is 0.325 e. The molecule has 2 saturated heterocycles. The van der Waals surface area contributed by atoms with Gasteiger partial charge in [-0.15, -0.1) is 0 Å². The lowest BCUT2D eigenvalue weighted by atomic mass is 9.91. The van der Waals surface area contributed by atoms with Crippen molar-refractivity contribution in [3.05, 3.63) is 59.2 Å². The molecule has 3 aliphatic heterocycles. The van der Waals surface area contributed by atoms with Crippen molar-refractivity contribution < 1.29 is 23.9 Å². The van der Waals surface area contributed by atoms with Crippen molar-refractivity contribution in [1.82, 2.24) is 15.1 Å². The van der Waals surface area contributed by atoms with Crippen molar-refractivity contribution in [3.63, 3.8) is 0 Å². The number of fused-ring (bicyclic) bond motifs is 1. The average Bonchev–Trinajstić information content (AvgIpc) is 3.30. The number of carbonyl (C=O) groups is 3. The van der Waals surface area contributed by atoms with E-state index in [1.165, 1.54) is 0 Å². The summed E-state index contributed by atoms with van der Waals surface area (Å²) in [6.07, 6.45) is 2.49. The number of likely N-dealkylation sites (tertiary alicyclic amines) is 1. The molecule has 4 amide bonds. The summed E-state index contributed by atoms with van der Waals surface area (Å²) in [5, 5.41) is 2.78. The van der Waals surface area contributed by atoms with Crippen molar-refractivity contribution in [2.45, 2.75) is 44.7 Å². The van der Waals surface area contributed by atoms with E-state index in [0.29, 0.717) is 36.8 Å². The second-order valence-electron chi connectivity index (χ2n) is 9.31. The van der Waals surface area contributed by atoms with Crippen LogP contribution in [0.2, 0.25) is 0 Å². The van der Waals surface area contributed by atoms with Crippen LogP contribution < -0.4 is 14.8 Å². The van der Waals surface area contributed by atoms with Gasteiger partial charge in [-0.3, -0.25) is 14.5 Å². The Labute approximate surface area is 198 Å². The molecule has 0 radical (unpaired) electrons. The SMILES string of the molecule is Cc1ccc([C@@]2(C)NC(=O)N(CC(=O)N3CCC[C@H]3c3ccc4c(c3)OCCCO4)C2=O)cc1. The summed E-state index contributed by atoms with van der Waals surface area (Å²) in [4.78, 5) is 42.1. The third kappa shape index (κ3) is 3.87. The smallest absolute Gasteiger partial charge is 0.325 e. The van der Waals surface area contributed by atoms with E-state index in [9.17, 15) is 14.4 Å². The molecule has 178 valence electrons. The predicted octanol–water partition coefficient (Wildman–Crippen LogP) is 3.29. The zero-order chi connectivity index (χ0) is 23.9. The van der Waals surface area contributed by atoms with Gasteiger partial charge < -0.3 is 19.7 Å². The second-order valence-corrected chi connectivity index (χ2v) is 9.31. The molecule has 8 heteroatoms. The zero-order valence-corrected chi connectivity index (χ0v) is 19.5. The fraction of sp³-hybridized carbons (Fsp3) is 0.423. The number of hydrogen-bond donors (Lipinski definition) is 1. The molecule has 2 atom stereocenters. The maximum atomic E-state index is 13.3. The van der Waals surface area contributed by atoms with Crippen LogP contribution in [0.1, 0.15) is 48.9 Å². The van der Waals surface area contributed by atoms with Crippen LogP contribution in [0.3, 0.4) is 0 Å². The summed E-state index contributed by atoms with van der Waals surface area (Å²) in [5.74, 6) is 0.747. The molecular formula is C26H29N3O5. The van der Waals surface area contributed by atoms with E-state index in [4.69, 9.17) is 9.47 Å². The van der Waals surface area contributed by atoms with Gasteiger partial charge in [0.05, 0.1) is 19.3 Å². The first-order chi connectivity index (χ1) is 16.4. The van der Waals surface area contributed by atoms with Crippen LogP contribution in [0.4, 0.5) is 4.79 Å². The third-order valence-electron chi connectivity index (χ3n) is 6.93. The van der Waals surface area contributed by atoms with E-state index in [1.807, 2.05) is 49.4 Å². The average molecular weight is 464 g/mol. The van der Waals surface area contributed by atoms with E-state index >= 15 is 0 Å². The number of aryl methyl sites for hydroxylation is 1. The van der Waals surface area contributed by atoms with Crippen LogP contribution in [-0.4, -0.2) is 53.9 Å². The van der Waals surface area contributed by atoms with Crippen molar-refractivity contribution in [3.8, 4) is 11.5 Å². The summed E-state index contributed by atoms with van der Waals surface area (Å²) in [6, 6.07) is 12.6. The maximum absolute atomic E-state index is 13.3. The van der Waals surface area contributed by atoms with Crippen LogP contribution in [0.5, 0.6) is 11.5 Å². The summed E-state index contributed by atoms with van der Waals surface area (Å²) in [5.41, 5.74) is 1.53.